The number of carboxylic acids is 1. The highest BCUT2D eigenvalue weighted by atomic mass is 16.4. The van der Waals surface area contributed by atoms with Crippen molar-refractivity contribution in [2.45, 2.75) is 52.4 Å². The smallest absolute Gasteiger partial charge is 0.307 e. The minimum absolute atomic E-state index is 0.0428. The number of carbonyl (C=O) groups excluding carboxylic acids is 2. The first-order valence-corrected chi connectivity index (χ1v) is 13.3. The van der Waals surface area contributed by atoms with Gasteiger partial charge in [-0.05, 0) is 72.4 Å². The van der Waals surface area contributed by atoms with Crippen LogP contribution in [0.1, 0.15) is 70.9 Å². The second-order valence-electron chi connectivity index (χ2n) is 11.2. The molecule has 3 saturated carbocycles. The Kier molecular flexibility index (Phi) is 5.82. The van der Waals surface area contributed by atoms with E-state index in [2.05, 4.69) is 0 Å². The number of hydrogen-bond acceptors (Lipinski definition) is 4. The Morgan fingerprint density at radius 2 is 1.68 bits per heavy atom. The summed E-state index contributed by atoms with van der Waals surface area (Å²) in [4.78, 5) is 38.1. The molecule has 1 N–H and O–H groups in total. The molecule has 0 unspecified atom stereocenters. The summed E-state index contributed by atoms with van der Waals surface area (Å²) in [7, 11) is 0. The van der Waals surface area contributed by atoms with Gasteiger partial charge in [-0.2, -0.15) is 0 Å². The van der Waals surface area contributed by atoms with Crippen molar-refractivity contribution in [1.82, 2.24) is 0 Å². The molecular formula is C33H30O5. The second kappa shape index (κ2) is 9.09. The first-order chi connectivity index (χ1) is 18.2. The zero-order chi connectivity index (χ0) is 26.6. The molecule has 3 aliphatic rings. The maximum atomic E-state index is 13.2. The van der Waals surface area contributed by atoms with Crippen LogP contribution >= 0.6 is 0 Å². The number of benzene rings is 3. The lowest BCUT2D eigenvalue weighted by atomic mass is 9.43. The number of rotatable bonds is 9. The summed E-state index contributed by atoms with van der Waals surface area (Å²) in [5.74, 6) is 0.444. The molecule has 1 heterocycles. The average Bonchev–Trinajstić information content (AvgIpc) is 3.22. The number of aliphatic carboxylic acids is 1. The van der Waals surface area contributed by atoms with Crippen LogP contribution in [0.4, 0.5) is 0 Å². The molecule has 3 aliphatic carbocycles. The quantitative estimate of drug-likeness (QED) is 0.236. The molecule has 0 radical (unpaired) electrons. The highest BCUT2D eigenvalue weighted by molar-refractivity contribution is 6.13. The minimum Gasteiger partial charge on any atom is -0.481 e. The molecule has 0 saturated heterocycles. The molecule has 0 atom stereocenters. The van der Waals surface area contributed by atoms with Crippen LogP contribution in [0.2, 0.25) is 0 Å². The topological polar surface area (TPSA) is 84.6 Å². The zero-order valence-corrected chi connectivity index (χ0v) is 21.7. The highest BCUT2D eigenvalue weighted by Crippen LogP contribution is 2.66. The van der Waals surface area contributed by atoms with Crippen LogP contribution in [-0.2, 0) is 11.2 Å². The Hall–Kier alpha value is -3.99. The number of aryl methyl sites for hydroxylation is 1. The van der Waals surface area contributed by atoms with Gasteiger partial charge in [0.15, 0.2) is 11.6 Å². The van der Waals surface area contributed by atoms with Crippen molar-refractivity contribution < 1.29 is 23.9 Å². The lowest BCUT2D eigenvalue weighted by Gasteiger charge is -2.62. The van der Waals surface area contributed by atoms with Gasteiger partial charge < -0.3 is 9.52 Å². The monoisotopic (exact) mass is 506 g/mol. The lowest BCUT2D eigenvalue weighted by Crippen LogP contribution is -2.52. The van der Waals surface area contributed by atoms with Crippen molar-refractivity contribution in [1.29, 1.82) is 0 Å². The van der Waals surface area contributed by atoms with Gasteiger partial charge in [-0.15, -0.1) is 0 Å². The van der Waals surface area contributed by atoms with Gasteiger partial charge in [-0.25, -0.2) is 0 Å². The molecule has 0 amide bonds. The largest absolute Gasteiger partial charge is 0.481 e. The first kappa shape index (κ1) is 24.4. The predicted molar refractivity (Wildman–Crippen MR) is 147 cm³/mol. The standard InChI is InChI=1S/C33H30O5/c1-3-27(34)31-26-14-25(22-5-4-6-23(11-22)28(35)18-33-15-20(16-33)17-33)24(13-30(36)37)12-29(26)38-32(31)21-9-7-19(2)8-10-21/h4-12,14,20H,3,13,15-18H2,1-2H3,(H,36,37). The third-order valence-electron chi connectivity index (χ3n) is 8.37. The summed E-state index contributed by atoms with van der Waals surface area (Å²) in [6.07, 6.45) is 4.17. The van der Waals surface area contributed by atoms with E-state index in [1.165, 1.54) is 0 Å². The number of carbonyl (C=O) groups is 3. The normalized spacial score (nSPS) is 19.6. The fraction of sp³-hybridized carbons (Fsp3) is 0.303. The van der Waals surface area contributed by atoms with E-state index < -0.39 is 5.97 Å². The summed E-state index contributed by atoms with van der Waals surface area (Å²) in [5.41, 5.74) is 5.78. The predicted octanol–water partition coefficient (Wildman–Crippen LogP) is 7.67. The molecule has 38 heavy (non-hydrogen) atoms. The van der Waals surface area contributed by atoms with E-state index in [0.717, 1.165) is 41.9 Å². The summed E-state index contributed by atoms with van der Waals surface area (Å²) in [6, 6.07) is 18.9. The van der Waals surface area contributed by atoms with Crippen molar-refractivity contribution >= 4 is 28.5 Å². The van der Waals surface area contributed by atoms with Crippen LogP contribution in [0, 0.1) is 18.3 Å². The van der Waals surface area contributed by atoms with E-state index >= 15 is 0 Å². The maximum Gasteiger partial charge on any atom is 0.307 e. The van der Waals surface area contributed by atoms with Gasteiger partial charge in [0.2, 0.25) is 0 Å². The summed E-state index contributed by atoms with van der Waals surface area (Å²) in [6.45, 7) is 3.82. The van der Waals surface area contributed by atoms with Gasteiger partial charge in [0, 0.05) is 29.4 Å². The Morgan fingerprint density at radius 1 is 0.947 bits per heavy atom. The molecule has 3 fully saturated rings. The molecule has 5 nitrogen and oxygen atoms in total. The van der Waals surface area contributed by atoms with E-state index in [0.29, 0.717) is 51.8 Å². The Balaban J connectivity index is 1.48. The summed E-state index contributed by atoms with van der Waals surface area (Å²) < 4.78 is 6.23. The number of ketones is 2. The van der Waals surface area contributed by atoms with Crippen molar-refractivity contribution in [3.05, 3.63) is 82.9 Å². The molecular weight excluding hydrogens is 476 g/mol. The number of fused-ring (bicyclic) bond motifs is 1. The zero-order valence-electron chi connectivity index (χ0n) is 21.7. The number of Topliss-reactive ketones (excluding diaryl/α,β-unsaturated/α-hetero) is 2. The van der Waals surface area contributed by atoms with Crippen LogP contribution in [0.15, 0.2) is 65.1 Å². The van der Waals surface area contributed by atoms with Crippen molar-refractivity contribution in [3.63, 3.8) is 0 Å². The minimum atomic E-state index is -0.961. The molecule has 1 aromatic heterocycles. The van der Waals surface area contributed by atoms with E-state index in [9.17, 15) is 19.5 Å². The van der Waals surface area contributed by atoms with Gasteiger partial charge in [-0.1, -0.05) is 55.0 Å². The Bertz CT molecular complexity index is 1590. The molecule has 7 rings (SSSR count). The van der Waals surface area contributed by atoms with Crippen molar-refractivity contribution in [2.24, 2.45) is 11.3 Å². The molecule has 3 aromatic carbocycles. The molecule has 192 valence electrons. The molecule has 5 heteroatoms. The molecule has 0 aliphatic heterocycles. The SMILES string of the molecule is CCC(=O)c1c(-c2ccc(C)cc2)oc2cc(CC(=O)O)c(-c3cccc(C(=O)CC45CC(C4)C5)c3)cc12. The maximum absolute atomic E-state index is 13.2. The van der Waals surface area contributed by atoms with Crippen molar-refractivity contribution in [3.8, 4) is 22.5 Å². The third kappa shape index (κ3) is 4.16. The molecule has 2 bridgehead atoms. The van der Waals surface area contributed by atoms with Crippen molar-refractivity contribution in [2.75, 3.05) is 0 Å². The first-order valence-electron chi connectivity index (χ1n) is 13.3. The van der Waals surface area contributed by atoms with E-state index in [4.69, 9.17) is 4.42 Å². The number of hydrogen-bond donors (Lipinski definition) is 1. The Morgan fingerprint density at radius 3 is 2.32 bits per heavy atom. The van der Waals surface area contributed by atoms with Crippen LogP contribution in [-0.4, -0.2) is 22.6 Å². The fourth-order valence-corrected chi connectivity index (χ4v) is 6.30. The van der Waals surface area contributed by atoms with Gasteiger partial charge in [-0.3, -0.25) is 14.4 Å². The van der Waals surface area contributed by atoms with E-state index in [1.807, 2.05) is 68.4 Å². The van der Waals surface area contributed by atoms with Crippen LogP contribution in [0.3, 0.4) is 0 Å². The number of furan rings is 1. The third-order valence-corrected chi connectivity index (χ3v) is 8.37. The molecule has 0 spiro atoms. The van der Waals surface area contributed by atoms with Gasteiger partial charge >= 0.3 is 5.97 Å². The van der Waals surface area contributed by atoms with Crippen LogP contribution in [0.5, 0.6) is 0 Å². The fourth-order valence-electron chi connectivity index (χ4n) is 6.30. The second-order valence-corrected chi connectivity index (χ2v) is 11.2. The van der Waals surface area contributed by atoms with Gasteiger partial charge in [0.05, 0.1) is 12.0 Å². The molecule has 4 aromatic rings. The van der Waals surface area contributed by atoms with Gasteiger partial charge in [0.1, 0.15) is 11.3 Å². The highest BCUT2D eigenvalue weighted by Gasteiger charge is 2.56. The van der Waals surface area contributed by atoms with Crippen LogP contribution in [0.25, 0.3) is 33.4 Å². The van der Waals surface area contributed by atoms with Gasteiger partial charge in [0.25, 0.3) is 0 Å². The van der Waals surface area contributed by atoms with E-state index in [-0.39, 0.29) is 23.4 Å². The van der Waals surface area contributed by atoms with Crippen LogP contribution < -0.4 is 0 Å². The van der Waals surface area contributed by atoms with E-state index in [1.54, 1.807) is 6.07 Å². The summed E-state index contributed by atoms with van der Waals surface area (Å²) >= 11 is 0. The summed E-state index contributed by atoms with van der Waals surface area (Å²) in [5, 5.41) is 10.3. The Labute approximate surface area is 221 Å². The average molecular weight is 507 g/mol. The lowest BCUT2D eigenvalue weighted by molar-refractivity contribution is -0.136. The number of carboxylic acid groups (broad SMARTS) is 1.